The summed E-state index contributed by atoms with van der Waals surface area (Å²) in [4.78, 5) is 24.6. The molecule has 104 valence electrons. The Labute approximate surface area is 109 Å². The monoisotopic (exact) mass is 256 g/mol. The number of amides is 2. The molecule has 1 heterocycles. The molecule has 5 heteroatoms. The second kappa shape index (κ2) is 7.24. The number of hydrogen-bond acceptors (Lipinski definition) is 2. The number of carbonyl (C=O) groups excluding carboxylic acids is 1. The predicted molar refractivity (Wildman–Crippen MR) is 69.5 cm³/mol. The van der Waals surface area contributed by atoms with Crippen LogP contribution >= 0.6 is 0 Å². The number of nitrogens with one attached hydrogen (secondary N) is 1. The Bertz CT molecular complexity index is 284. The lowest BCUT2D eigenvalue weighted by Crippen LogP contribution is -2.47. The first kappa shape index (κ1) is 14.8. The van der Waals surface area contributed by atoms with E-state index < -0.39 is 5.97 Å². The van der Waals surface area contributed by atoms with Gasteiger partial charge >= 0.3 is 12.0 Å². The number of hydrogen-bond donors (Lipinski definition) is 2. The van der Waals surface area contributed by atoms with Crippen molar-refractivity contribution < 1.29 is 14.7 Å². The van der Waals surface area contributed by atoms with Gasteiger partial charge in [0.25, 0.3) is 0 Å². The standard InChI is InChI=1S/C13H24N2O3/c1-10(2)11(9-12(16)17)14-13(18)15-7-5-3-4-6-8-15/h10-11H,3-9H2,1-2H3,(H,14,18)(H,16,17). The van der Waals surface area contributed by atoms with Gasteiger partial charge in [0.15, 0.2) is 0 Å². The van der Waals surface area contributed by atoms with Gasteiger partial charge in [-0.25, -0.2) is 4.79 Å². The summed E-state index contributed by atoms with van der Waals surface area (Å²) in [6.45, 7) is 5.42. The molecule has 1 fully saturated rings. The lowest BCUT2D eigenvalue weighted by molar-refractivity contribution is -0.137. The maximum atomic E-state index is 12.1. The van der Waals surface area contributed by atoms with Crippen molar-refractivity contribution in [2.75, 3.05) is 13.1 Å². The first-order valence-corrected chi connectivity index (χ1v) is 6.78. The minimum atomic E-state index is -0.870. The average molecular weight is 256 g/mol. The normalized spacial score (nSPS) is 18.3. The number of carbonyl (C=O) groups is 2. The maximum Gasteiger partial charge on any atom is 0.317 e. The van der Waals surface area contributed by atoms with E-state index in [0.29, 0.717) is 0 Å². The molecule has 5 nitrogen and oxygen atoms in total. The van der Waals surface area contributed by atoms with Crippen molar-refractivity contribution in [1.29, 1.82) is 0 Å². The zero-order valence-electron chi connectivity index (χ0n) is 11.3. The van der Waals surface area contributed by atoms with Gasteiger partial charge in [-0.15, -0.1) is 0 Å². The third kappa shape index (κ3) is 4.94. The molecule has 0 bridgehead atoms. The SMILES string of the molecule is CC(C)C(CC(=O)O)NC(=O)N1CCCCCC1. The van der Waals surface area contributed by atoms with Crippen LogP contribution in [0.3, 0.4) is 0 Å². The van der Waals surface area contributed by atoms with E-state index in [4.69, 9.17) is 5.11 Å². The highest BCUT2D eigenvalue weighted by atomic mass is 16.4. The van der Waals surface area contributed by atoms with Crippen molar-refractivity contribution in [3.8, 4) is 0 Å². The fraction of sp³-hybridized carbons (Fsp3) is 0.846. The summed E-state index contributed by atoms with van der Waals surface area (Å²) in [7, 11) is 0. The Morgan fingerprint density at radius 1 is 1.17 bits per heavy atom. The molecule has 1 unspecified atom stereocenters. The molecular weight excluding hydrogens is 232 g/mol. The second-order valence-electron chi connectivity index (χ2n) is 5.30. The van der Waals surface area contributed by atoms with E-state index >= 15 is 0 Å². The summed E-state index contributed by atoms with van der Waals surface area (Å²) in [6.07, 6.45) is 4.41. The molecule has 0 aliphatic carbocycles. The number of urea groups is 1. The molecule has 1 aliphatic rings. The fourth-order valence-corrected chi connectivity index (χ4v) is 2.17. The maximum absolute atomic E-state index is 12.1. The zero-order valence-corrected chi connectivity index (χ0v) is 11.3. The molecule has 0 aromatic rings. The number of rotatable bonds is 4. The van der Waals surface area contributed by atoms with Crippen LogP contribution in [0.1, 0.15) is 46.0 Å². The van der Waals surface area contributed by atoms with E-state index in [1.54, 1.807) is 0 Å². The van der Waals surface area contributed by atoms with Gasteiger partial charge in [0.2, 0.25) is 0 Å². The highest BCUT2D eigenvalue weighted by Gasteiger charge is 2.22. The van der Waals surface area contributed by atoms with E-state index in [9.17, 15) is 9.59 Å². The van der Waals surface area contributed by atoms with Crippen LogP contribution in [0, 0.1) is 5.92 Å². The first-order chi connectivity index (χ1) is 8.50. The molecule has 1 aliphatic heterocycles. The van der Waals surface area contributed by atoms with Crippen LogP contribution in [-0.4, -0.2) is 41.1 Å². The van der Waals surface area contributed by atoms with E-state index in [1.807, 2.05) is 18.7 Å². The molecule has 0 saturated carbocycles. The molecular formula is C13H24N2O3. The van der Waals surface area contributed by atoms with Gasteiger partial charge in [0, 0.05) is 19.1 Å². The highest BCUT2D eigenvalue weighted by Crippen LogP contribution is 2.11. The van der Waals surface area contributed by atoms with Crippen LogP contribution < -0.4 is 5.32 Å². The van der Waals surface area contributed by atoms with Crippen molar-refractivity contribution in [2.45, 2.75) is 52.0 Å². The molecule has 18 heavy (non-hydrogen) atoms. The predicted octanol–water partition coefficient (Wildman–Crippen LogP) is 2.07. The van der Waals surface area contributed by atoms with Gasteiger partial charge in [-0.1, -0.05) is 26.7 Å². The van der Waals surface area contributed by atoms with Crippen molar-refractivity contribution in [3.63, 3.8) is 0 Å². The number of likely N-dealkylation sites (tertiary alicyclic amines) is 1. The molecule has 2 amide bonds. The van der Waals surface area contributed by atoms with Crippen LogP contribution in [0.4, 0.5) is 4.79 Å². The van der Waals surface area contributed by atoms with Crippen molar-refractivity contribution >= 4 is 12.0 Å². The summed E-state index contributed by atoms with van der Waals surface area (Å²) >= 11 is 0. The third-order valence-corrected chi connectivity index (χ3v) is 3.40. The molecule has 0 aromatic heterocycles. The Morgan fingerprint density at radius 2 is 1.72 bits per heavy atom. The Balaban J connectivity index is 2.51. The minimum absolute atomic E-state index is 0.0166. The van der Waals surface area contributed by atoms with Crippen molar-refractivity contribution in [3.05, 3.63) is 0 Å². The lowest BCUT2D eigenvalue weighted by atomic mass is 10.0. The van der Waals surface area contributed by atoms with Gasteiger partial charge < -0.3 is 15.3 Å². The average Bonchev–Trinajstić information content (AvgIpc) is 2.55. The molecule has 1 rings (SSSR count). The third-order valence-electron chi connectivity index (χ3n) is 3.40. The highest BCUT2D eigenvalue weighted by molar-refractivity contribution is 5.76. The molecule has 2 N–H and O–H groups in total. The van der Waals surface area contributed by atoms with Gasteiger partial charge in [0.1, 0.15) is 0 Å². The van der Waals surface area contributed by atoms with Gasteiger partial charge in [0.05, 0.1) is 6.42 Å². The Morgan fingerprint density at radius 3 is 2.17 bits per heavy atom. The largest absolute Gasteiger partial charge is 0.481 e. The second-order valence-corrected chi connectivity index (χ2v) is 5.30. The summed E-state index contributed by atoms with van der Waals surface area (Å²) in [5, 5.41) is 11.7. The lowest BCUT2D eigenvalue weighted by Gasteiger charge is -2.26. The summed E-state index contributed by atoms with van der Waals surface area (Å²) in [6, 6.07) is -0.407. The summed E-state index contributed by atoms with van der Waals surface area (Å²) in [5.74, 6) is -0.748. The number of carboxylic acids is 1. The summed E-state index contributed by atoms with van der Waals surface area (Å²) < 4.78 is 0. The van der Waals surface area contributed by atoms with Gasteiger partial charge in [-0.2, -0.15) is 0 Å². The molecule has 0 aromatic carbocycles. The van der Waals surface area contributed by atoms with E-state index in [0.717, 1.165) is 25.9 Å². The number of carboxylic acid groups (broad SMARTS) is 1. The van der Waals surface area contributed by atoms with Crippen molar-refractivity contribution in [1.82, 2.24) is 10.2 Å². The first-order valence-electron chi connectivity index (χ1n) is 6.78. The van der Waals surface area contributed by atoms with Crippen LogP contribution in [0.25, 0.3) is 0 Å². The van der Waals surface area contributed by atoms with E-state index in [-0.39, 0.29) is 24.4 Å². The van der Waals surface area contributed by atoms with Crippen LogP contribution in [-0.2, 0) is 4.79 Å². The Hall–Kier alpha value is -1.26. The van der Waals surface area contributed by atoms with Crippen LogP contribution in [0.5, 0.6) is 0 Å². The zero-order chi connectivity index (χ0) is 13.5. The molecule has 0 radical (unpaired) electrons. The number of aliphatic carboxylic acids is 1. The number of nitrogens with zero attached hydrogens (tertiary/aromatic N) is 1. The Kier molecular flexibility index (Phi) is 5.95. The fourth-order valence-electron chi connectivity index (χ4n) is 2.17. The van der Waals surface area contributed by atoms with Crippen LogP contribution in [0.15, 0.2) is 0 Å². The molecule has 0 spiro atoms. The smallest absolute Gasteiger partial charge is 0.317 e. The topological polar surface area (TPSA) is 69.6 Å². The van der Waals surface area contributed by atoms with E-state index in [2.05, 4.69) is 5.32 Å². The van der Waals surface area contributed by atoms with Crippen molar-refractivity contribution in [2.24, 2.45) is 5.92 Å². The molecule has 1 saturated heterocycles. The van der Waals surface area contributed by atoms with E-state index in [1.165, 1.54) is 12.8 Å². The van der Waals surface area contributed by atoms with Gasteiger partial charge in [-0.3, -0.25) is 4.79 Å². The van der Waals surface area contributed by atoms with Crippen LogP contribution in [0.2, 0.25) is 0 Å². The van der Waals surface area contributed by atoms with Gasteiger partial charge in [-0.05, 0) is 18.8 Å². The quantitative estimate of drug-likeness (QED) is 0.809. The summed E-state index contributed by atoms with van der Waals surface area (Å²) in [5.41, 5.74) is 0. The molecule has 1 atom stereocenters. The minimum Gasteiger partial charge on any atom is -0.481 e.